The van der Waals surface area contributed by atoms with Crippen LogP contribution in [0.1, 0.15) is 63.9 Å². The number of hydrogen-bond acceptors (Lipinski definition) is 5. The van der Waals surface area contributed by atoms with E-state index in [-0.39, 0.29) is 39.1 Å². The van der Waals surface area contributed by atoms with Crippen molar-refractivity contribution in [3.8, 4) is 11.5 Å². The van der Waals surface area contributed by atoms with E-state index in [0.29, 0.717) is 11.3 Å². The van der Waals surface area contributed by atoms with Gasteiger partial charge in [-0.05, 0) is 37.2 Å². The van der Waals surface area contributed by atoms with Gasteiger partial charge in [-0.3, -0.25) is 0 Å². The van der Waals surface area contributed by atoms with Crippen molar-refractivity contribution in [3.63, 3.8) is 0 Å². The smallest absolute Gasteiger partial charge is 0.324 e. The van der Waals surface area contributed by atoms with Crippen LogP contribution in [0.2, 0.25) is 0 Å². The van der Waals surface area contributed by atoms with Gasteiger partial charge in [0.25, 0.3) is 0 Å². The van der Waals surface area contributed by atoms with Crippen LogP contribution in [0, 0.1) is 5.41 Å². The van der Waals surface area contributed by atoms with Crippen LogP contribution in [0.5, 0.6) is 0 Å². The first kappa shape index (κ1) is 23.7. The maximum Gasteiger partial charge on any atom is 0.433 e. The highest BCUT2D eigenvalue weighted by Gasteiger charge is 2.36. The van der Waals surface area contributed by atoms with Crippen molar-refractivity contribution < 1.29 is 21.6 Å². The Kier molecular flexibility index (Phi) is 5.62. The molecule has 0 bridgehead atoms. The topological polar surface area (TPSA) is 82.7 Å². The summed E-state index contributed by atoms with van der Waals surface area (Å²) >= 11 is 0. The molecule has 0 N–H and O–H groups in total. The second-order valence-corrected chi connectivity index (χ2v) is 11.8. The Bertz CT molecular complexity index is 1310. The average molecular weight is 484 g/mol. The summed E-state index contributed by atoms with van der Waals surface area (Å²) in [5.74, 6) is 0.862. The third-order valence-corrected chi connectivity index (χ3v) is 8.54. The van der Waals surface area contributed by atoms with Gasteiger partial charge in [-0.15, -0.1) is 0 Å². The van der Waals surface area contributed by atoms with Crippen LogP contribution in [-0.4, -0.2) is 38.3 Å². The summed E-state index contributed by atoms with van der Waals surface area (Å²) in [6.07, 6.45) is 0.307. The lowest BCUT2D eigenvalue weighted by Crippen LogP contribution is -2.22. The number of nitrogens with zero attached hydrogens (tertiary/aromatic N) is 5. The van der Waals surface area contributed by atoms with E-state index < -0.39 is 21.7 Å². The number of sulfone groups is 1. The molecular weight excluding hydrogens is 455 g/mol. The molecule has 0 unspecified atom stereocenters. The molecule has 0 radical (unpaired) electrons. The molecule has 7 nitrogen and oxygen atoms in total. The van der Waals surface area contributed by atoms with Gasteiger partial charge in [-0.2, -0.15) is 13.2 Å². The SMILES string of the molecule is CCS(=O)(=O)c1c(-c2nc3cc(C(F)(F)F)ncc3n2C)nc(C2CCC(C)(C)CC2)n1C. The zero-order valence-electron chi connectivity index (χ0n) is 19.4. The third kappa shape index (κ3) is 4.15. The van der Waals surface area contributed by atoms with Crippen LogP contribution in [0.25, 0.3) is 22.6 Å². The second-order valence-electron chi connectivity index (χ2n) is 9.58. The number of fused-ring (bicyclic) bond motifs is 1. The lowest BCUT2D eigenvalue weighted by atomic mass is 9.73. The summed E-state index contributed by atoms with van der Waals surface area (Å²) in [6, 6.07) is 0.875. The quantitative estimate of drug-likeness (QED) is 0.529. The van der Waals surface area contributed by atoms with E-state index in [9.17, 15) is 21.6 Å². The Labute approximate surface area is 191 Å². The first-order valence-corrected chi connectivity index (χ1v) is 12.6. The van der Waals surface area contributed by atoms with Gasteiger partial charge in [0, 0.05) is 20.0 Å². The zero-order valence-corrected chi connectivity index (χ0v) is 20.2. The number of halogens is 3. The molecule has 0 saturated heterocycles. The van der Waals surface area contributed by atoms with Gasteiger partial charge in [-0.1, -0.05) is 20.8 Å². The molecule has 0 aliphatic heterocycles. The maximum atomic E-state index is 13.1. The molecule has 33 heavy (non-hydrogen) atoms. The predicted molar refractivity (Wildman–Crippen MR) is 118 cm³/mol. The highest BCUT2D eigenvalue weighted by atomic mass is 32.2. The lowest BCUT2D eigenvalue weighted by molar-refractivity contribution is -0.141. The molecule has 3 heterocycles. The van der Waals surface area contributed by atoms with Gasteiger partial charge in [0.15, 0.2) is 20.7 Å². The van der Waals surface area contributed by atoms with Crippen molar-refractivity contribution in [2.24, 2.45) is 19.5 Å². The number of hydrogen-bond donors (Lipinski definition) is 0. The van der Waals surface area contributed by atoms with Gasteiger partial charge >= 0.3 is 6.18 Å². The van der Waals surface area contributed by atoms with Gasteiger partial charge in [0.05, 0.1) is 23.0 Å². The van der Waals surface area contributed by atoms with E-state index in [1.165, 1.54) is 0 Å². The van der Waals surface area contributed by atoms with Gasteiger partial charge < -0.3 is 9.13 Å². The number of alkyl halides is 3. The van der Waals surface area contributed by atoms with Crippen molar-refractivity contribution in [2.45, 2.75) is 63.6 Å². The van der Waals surface area contributed by atoms with Crippen LogP contribution in [0.4, 0.5) is 13.2 Å². The highest BCUT2D eigenvalue weighted by Crippen LogP contribution is 2.43. The Hall–Kier alpha value is -2.43. The highest BCUT2D eigenvalue weighted by molar-refractivity contribution is 7.91. The molecule has 3 aromatic rings. The normalized spacial score (nSPS) is 17.7. The van der Waals surface area contributed by atoms with Crippen molar-refractivity contribution >= 4 is 20.9 Å². The minimum absolute atomic E-state index is 0.0484. The van der Waals surface area contributed by atoms with Crippen molar-refractivity contribution in [1.29, 1.82) is 0 Å². The van der Waals surface area contributed by atoms with Crippen LogP contribution < -0.4 is 0 Å². The number of pyridine rings is 1. The standard InChI is InChI=1S/C22H28F3N5O2S/c1-6-33(31,32)20-17(28-18(30(20)5)13-7-9-21(2,3)10-8-13)19-27-14-11-16(22(23,24)25)26-12-15(14)29(19)4/h11-13H,6-10H2,1-5H3. The van der Waals surface area contributed by atoms with E-state index in [2.05, 4.69) is 23.8 Å². The number of imidazole rings is 2. The van der Waals surface area contributed by atoms with E-state index in [1.807, 2.05) is 0 Å². The van der Waals surface area contributed by atoms with Gasteiger partial charge in [0.1, 0.15) is 17.2 Å². The summed E-state index contributed by atoms with van der Waals surface area (Å²) in [6.45, 7) is 6.01. The van der Waals surface area contributed by atoms with E-state index in [1.54, 1.807) is 30.2 Å². The number of aryl methyl sites for hydroxylation is 1. The van der Waals surface area contributed by atoms with Crippen LogP contribution in [0.3, 0.4) is 0 Å². The van der Waals surface area contributed by atoms with Crippen molar-refractivity contribution in [1.82, 2.24) is 24.1 Å². The second kappa shape index (κ2) is 7.82. The third-order valence-electron chi connectivity index (χ3n) is 6.73. The molecule has 0 amide bonds. The Balaban J connectivity index is 1.90. The number of aromatic nitrogens is 5. The van der Waals surface area contributed by atoms with E-state index in [4.69, 9.17) is 4.98 Å². The zero-order chi connectivity index (χ0) is 24.3. The molecule has 1 aliphatic carbocycles. The van der Waals surface area contributed by atoms with Gasteiger partial charge in [-0.25, -0.2) is 23.4 Å². The molecule has 0 aromatic carbocycles. The molecule has 1 saturated carbocycles. The fourth-order valence-electron chi connectivity index (χ4n) is 4.62. The van der Waals surface area contributed by atoms with Crippen molar-refractivity contribution in [3.05, 3.63) is 23.8 Å². The van der Waals surface area contributed by atoms with Crippen molar-refractivity contribution in [2.75, 3.05) is 5.75 Å². The number of rotatable bonds is 4. The first-order chi connectivity index (χ1) is 15.2. The fourth-order valence-corrected chi connectivity index (χ4v) is 5.83. The van der Waals surface area contributed by atoms with Crippen LogP contribution in [0.15, 0.2) is 17.3 Å². The minimum atomic E-state index is -4.60. The molecule has 1 fully saturated rings. The molecule has 1 aliphatic rings. The maximum absolute atomic E-state index is 13.1. The lowest BCUT2D eigenvalue weighted by Gasteiger charge is -2.33. The Morgan fingerprint density at radius 1 is 1.12 bits per heavy atom. The predicted octanol–water partition coefficient (Wildman–Crippen LogP) is 4.87. The van der Waals surface area contributed by atoms with Crippen LogP contribution >= 0.6 is 0 Å². The average Bonchev–Trinajstić information content (AvgIpc) is 3.24. The molecule has 0 spiro atoms. The Morgan fingerprint density at radius 2 is 1.76 bits per heavy atom. The summed E-state index contributed by atoms with van der Waals surface area (Å²) < 4.78 is 68.7. The molecular formula is C22H28F3N5O2S. The minimum Gasteiger partial charge on any atom is -0.324 e. The fraction of sp³-hybridized carbons (Fsp3) is 0.591. The van der Waals surface area contributed by atoms with Crippen LogP contribution in [-0.2, 0) is 30.1 Å². The van der Waals surface area contributed by atoms with Gasteiger partial charge in [0.2, 0.25) is 0 Å². The summed E-state index contributed by atoms with van der Waals surface area (Å²) in [4.78, 5) is 12.6. The summed E-state index contributed by atoms with van der Waals surface area (Å²) in [5, 5.41) is 0.0484. The molecule has 0 atom stereocenters. The Morgan fingerprint density at radius 3 is 2.33 bits per heavy atom. The molecule has 4 rings (SSSR count). The molecule has 11 heteroatoms. The summed E-state index contributed by atoms with van der Waals surface area (Å²) in [5.41, 5.74) is -0.187. The van der Waals surface area contributed by atoms with E-state index in [0.717, 1.165) is 37.9 Å². The largest absolute Gasteiger partial charge is 0.433 e. The molecule has 180 valence electrons. The monoisotopic (exact) mass is 483 g/mol. The molecule has 3 aromatic heterocycles. The summed E-state index contributed by atoms with van der Waals surface area (Å²) in [7, 11) is -0.363. The first-order valence-electron chi connectivity index (χ1n) is 10.9. The van der Waals surface area contributed by atoms with E-state index >= 15 is 0 Å².